The minimum atomic E-state index is 0.548. The number of rotatable bonds is 6. The van der Waals surface area contributed by atoms with Gasteiger partial charge < -0.3 is 14.2 Å². The molecular formula is C17H26N6O. The molecular weight excluding hydrogens is 304 g/mol. The van der Waals surface area contributed by atoms with Crippen LogP contribution >= 0.6 is 0 Å². The van der Waals surface area contributed by atoms with E-state index in [-0.39, 0.29) is 0 Å². The molecule has 0 aromatic carbocycles. The zero-order chi connectivity index (χ0) is 16.9. The summed E-state index contributed by atoms with van der Waals surface area (Å²) in [6.45, 7) is 6.76. The Morgan fingerprint density at radius 1 is 1.04 bits per heavy atom. The highest BCUT2D eigenvalue weighted by Gasteiger charge is 2.17. The molecule has 2 aromatic heterocycles. The first-order chi connectivity index (χ1) is 11.7. The molecule has 3 rings (SSSR count). The second kappa shape index (κ2) is 7.59. The first-order valence-corrected chi connectivity index (χ1v) is 8.85. The zero-order valence-electron chi connectivity index (χ0n) is 14.8. The number of aromatic nitrogens is 4. The molecule has 7 heteroatoms. The molecule has 1 aliphatic rings. The normalized spacial score (nSPS) is 14.9. The molecule has 1 aliphatic heterocycles. The maximum atomic E-state index is 5.61. The highest BCUT2D eigenvalue weighted by molar-refractivity contribution is 5.45. The fraction of sp³-hybridized carbons (Fsp3) is 0.647. The van der Waals surface area contributed by atoms with Crippen LogP contribution in [0.1, 0.15) is 50.6 Å². The number of nitrogens with zero attached hydrogens (tertiary/aromatic N) is 6. The van der Waals surface area contributed by atoms with Crippen molar-refractivity contribution in [2.75, 3.05) is 29.9 Å². The quantitative estimate of drug-likeness (QED) is 0.806. The van der Waals surface area contributed by atoms with Crippen LogP contribution in [0, 0.1) is 0 Å². The minimum Gasteiger partial charge on any atom is -0.423 e. The Hall–Kier alpha value is -2.18. The van der Waals surface area contributed by atoms with Gasteiger partial charge in [0.15, 0.2) is 0 Å². The molecule has 0 amide bonds. The molecule has 24 heavy (non-hydrogen) atoms. The molecule has 3 heterocycles. The Kier molecular flexibility index (Phi) is 5.27. The van der Waals surface area contributed by atoms with E-state index in [0.29, 0.717) is 18.3 Å². The predicted molar refractivity (Wildman–Crippen MR) is 93.3 cm³/mol. The highest BCUT2D eigenvalue weighted by atomic mass is 16.4. The van der Waals surface area contributed by atoms with Gasteiger partial charge in [0, 0.05) is 38.3 Å². The van der Waals surface area contributed by atoms with Gasteiger partial charge in [-0.25, -0.2) is 4.98 Å². The molecule has 0 atom stereocenters. The van der Waals surface area contributed by atoms with E-state index in [9.17, 15) is 0 Å². The van der Waals surface area contributed by atoms with E-state index in [2.05, 4.69) is 22.0 Å². The van der Waals surface area contributed by atoms with E-state index < -0.39 is 0 Å². The van der Waals surface area contributed by atoms with E-state index in [1.807, 2.05) is 24.9 Å². The lowest BCUT2D eigenvalue weighted by atomic mass is 10.1. The maximum absolute atomic E-state index is 5.61. The van der Waals surface area contributed by atoms with Crippen molar-refractivity contribution in [2.24, 2.45) is 0 Å². The summed E-state index contributed by atoms with van der Waals surface area (Å²) in [6, 6.07) is 2.05. The Labute approximate surface area is 143 Å². The van der Waals surface area contributed by atoms with Gasteiger partial charge in [0.1, 0.15) is 5.82 Å². The summed E-state index contributed by atoms with van der Waals surface area (Å²) >= 11 is 0. The lowest BCUT2D eigenvalue weighted by Gasteiger charge is -2.28. The van der Waals surface area contributed by atoms with Crippen LogP contribution < -0.4 is 9.80 Å². The van der Waals surface area contributed by atoms with Crippen molar-refractivity contribution < 1.29 is 4.42 Å². The van der Waals surface area contributed by atoms with Crippen LogP contribution in [0.3, 0.4) is 0 Å². The molecule has 0 N–H and O–H groups in total. The summed E-state index contributed by atoms with van der Waals surface area (Å²) in [5.41, 5.74) is 1.06. The van der Waals surface area contributed by atoms with Gasteiger partial charge in [-0.2, -0.15) is 4.98 Å². The molecule has 130 valence electrons. The third kappa shape index (κ3) is 3.83. The predicted octanol–water partition coefficient (Wildman–Crippen LogP) is 2.61. The molecule has 1 fully saturated rings. The standard InChI is InChI=1S/C17H26N6O/c1-4-13-11-14(19-17(18-13)23-9-7-6-8-10-23)22(3)12-16-21-20-15(5-2)24-16/h11H,4-10,12H2,1-3H3. The number of hydrogen-bond acceptors (Lipinski definition) is 7. The van der Waals surface area contributed by atoms with Crippen molar-refractivity contribution in [3.05, 3.63) is 23.5 Å². The molecule has 2 aromatic rings. The molecule has 0 radical (unpaired) electrons. The number of hydrogen-bond donors (Lipinski definition) is 0. The summed E-state index contributed by atoms with van der Waals surface area (Å²) in [4.78, 5) is 13.8. The number of piperidine rings is 1. The number of aryl methyl sites for hydroxylation is 2. The third-order valence-corrected chi connectivity index (χ3v) is 4.33. The zero-order valence-corrected chi connectivity index (χ0v) is 14.8. The van der Waals surface area contributed by atoms with E-state index in [0.717, 1.165) is 43.4 Å². The highest BCUT2D eigenvalue weighted by Crippen LogP contribution is 2.21. The lowest BCUT2D eigenvalue weighted by molar-refractivity contribution is 0.452. The van der Waals surface area contributed by atoms with E-state index in [4.69, 9.17) is 14.4 Å². The van der Waals surface area contributed by atoms with Gasteiger partial charge in [-0.3, -0.25) is 0 Å². The fourth-order valence-electron chi connectivity index (χ4n) is 2.86. The summed E-state index contributed by atoms with van der Waals surface area (Å²) in [6.07, 6.45) is 5.38. The topological polar surface area (TPSA) is 71.2 Å². The van der Waals surface area contributed by atoms with Crippen molar-refractivity contribution in [3.63, 3.8) is 0 Å². The van der Waals surface area contributed by atoms with Crippen LogP contribution in [-0.2, 0) is 19.4 Å². The average Bonchev–Trinajstić information content (AvgIpc) is 3.09. The van der Waals surface area contributed by atoms with Gasteiger partial charge >= 0.3 is 0 Å². The number of anilines is 2. The lowest BCUT2D eigenvalue weighted by Crippen LogP contribution is -2.32. The van der Waals surface area contributed by atoms with E-state index in [1.54, 1.807) is 0 Å². The monoisotopic (exact) mass is 330 g/mol. The average molecular weight is 330 g/mol. The van der Waals surface area contributed by atoms with Gasteiger partial charge in [0.05, 0.1) is 6.54 Å². The Bertz CT molecular complexity index is 665. The first-order valence-electron chi connectivity index (χ1n) is 8.85. The van der Waals surface area contributed by atoms with Crippen molar-refractivity contribution >= 4 is 11.8 Å². The van der Waals surface area contributed by atoms with Crippen molar-refractivity contribution in [2.45, 2.75) is 52.5 Å². The first kappa shape index (κ1) is 16.7. The largest absolute Gasteiger partial charge is 0.423 e. The summed E-state index contributed by atoms with van der Waals surface area (Å²) in [5, 5.41) is 8.12. The van der Waals surface area contributed by atoms with Crippen LogP contribution in [0.4, 0.5) is 11.8 Å². The second-order valence-electron chi connectivity index (χ2n) is 6.22. The molecule has 7 nitrogen and oxygen atoms in total. The van der Waals surface area contributed by atoms with Gasteiger partial charge in [0.25, 0.3) is 0 Å². The maximum Gasteiger partial charge on any atom is 0.235 e. The van der Waals surface area contributed by atoms with E-state index in [1.165, 1.54) is 19.3 Å². The van der Waals surface area contributed by atoms with Crippen LogP contribution in [0.2, 0.25) is 0 Å². The van der Waals surface area contributed by atoms with Crippen LogP contribution in [0.15, 0.2) is 10.5 Å². The van der Waals surface area contributed by atoms with Crippen LogP contribution in [0.5, 0.6) is 0 Å². The van der Waals surface area contributed by atoms with Crippen molar-refractivity contribution in [1.29, 1.82) is 0 Å². The SMILES string of the molecule is CCc1cc(N(C)Cc2nnc(CC)o2)nc(N2CCCCC2)n1. The summed E-state index contributed by atoms with van der Waals surface area (Å²) in [5.74, 6) is 3.03. The Morgan fingerprint density at radius 3 is 2.46 bits per heavy atom. The van der Waals surface area contributed by atoms with Gasteiger partial charge in [-0.05, 0) is 25.7 Å². The Balaban J connectivity index is 1.80. The smallest absolute Gasteiger partial charge is 0.235 e. The van der Waals surface area contributed by atoms with Crippen LogP contribution in [-0.4, -0.2) is 40.3 Å². The fourth-order valence-corrected chi connectivity index (χ4v) is 2.86. The minimum absolute atomic E-state index is 0.548. The van der Waals surface area contributed by atoms with Gasteiger partial charge in [-0.15, -0.1) is 10.2 Å². The van der Waals surface area contributed by atoms with Crippen molar-refractivity contribution in [1.82, 2.24) is 20.2 Å². The van der Waals surface area contributed by atoms with E-state index >= 15 is 0 Å². The van der Waals surface area contributed by atoms with Gasteiger partial charge in [0.2, 0.25) is 17.7 Å². The Morgan fingerprint density at radius 2 is 1.79 bits per heavy atom. The molecule has 0 spiro atoms. The second-order valence-corrected chi connectivity index (χ2v) is 6.22. The molecule has 1 saturated heterocycles. The van der Waals surface area contributed by atoms with Crippen LogP contribution in [0.25, 0.3) is 0 Å². The van der Waals surface area contributed by atoms with Gasteiger partial charge in [-0.1, -0.05) is 13.8 Å². The third-order valence-electron chi connectivity index (χ3n) is 4.33. The molecule has 0 saturated carbocycles. The molecule has 0 aliphatic carbocycles. The summed E-state index contributed by atoms with van der Waals surface area (Å²) < 4.78 is 5.61. The molecule has 0 unspecified atom stereocenters. The molecule has 0 bridgehead atoms. The van der Waals surface area contributed by atoms with Crippen molar-refractivity contribution in [3.8, 4) is 0 Å². The summed E-state index contributed by atoms with van der Waals surface area (Å²) in [7, 11) is 2.00.